The van der Waals surface area contributed by atoms with Crippen molar-refractivity contribution < 1.29 is 9.59 Å². The van der Waals surface area contributed by atoms with Gasteiger partial charge in [0.1, 0.15) is 5.54 Å². The van der Waals surface area contributed by atoms with Gasteiger partial charge in [-0.25, -0.2) is 4.79 Å². The standard InChI is InChI=1S/C20H35N7O2/c1-8-20(5)17(28)27(19(29)24-20)11-9-10-22-18(21-6)23-13(2)12-16-14(3)25-26(7)15(16)4/h13H,8-12H2,1-7H3,(H,24,29)(H2,21,22,23). The summed E-state index contributed by atoms with van der Waals surface area (Å²) < 4.78 is 1.91. The Morgan fingerprint density at radius 1 is 1.34 bits per heavy atom. The van der Waals surface area contributed by atoms with E-state index in [1.165, 1.54) is 16.2 Å². The number of carbonyl (C=O) groups excluding carboxylic acids is 2. The SMILES string of the molecule is CCC1(C)NC(=O)N(CCCNC(=NC)NC(C)Cc2c(C)nn(C)c2C)C1=O. The highest BCUT2D eigenvalue weighted by molar-refractivity contribution is 6.06. The number of aliphatic imine (C=N–C) groups is 1. The zero-order chi connectivity index (χ0) is 21.8. The van der Waals surface area contributed by atoms with Crippen LogP contribution in [0.1, 0.15) is 50.6 Å². The predicted octanol–water partition coefficient (Wildman–Crippen LogP) is 1.24. The lowest BCUT2D eigenvalue weighted by molar-refractivity contribution is -0.130. The largest absolute Gasteiger partial charge is 0.356 e. The zero-order valence-electron chi connectivity index (χ0n) is 18.7. The van der Waals surface area contributed by atoms with Gasteiger partial charge in [0.2, 0.25) is 0 Å². The van der Waals surface area contributed by atoms with E-state index in [9.17, 15) is 9.59 Å². The first-order valence-electron chi connectivity index (χ1n) is 10.2. The highest BCUT2D eigenvalue weighted by atomic mass is 16.2. The van der Waals surface area contributed by atoms with Crippen LogP contribution in [-0.4, -0.2) is 64.3 Å². The Balaban J connectivity index is 1.79. The van der Waals surface area contributed by atoms with E-state index in [0.717, 1.165) is 12.1 Å². The highest BCUT2D eigenvalue weighted by Gasteiger charge is 2.45. The lowest BCUT2D eigenvalue weighted by Crippen LogP contribution is -2.44. The molecule has 3 amide bonds. The average molecular weight is 406 g/mol. The molecule has 3 N–H and O–H groups in total. The van der Waals surface area contributed by atoms with E-state index in [-0.39, 0.29) is 18.0 Å². The molecule has 2 heterocycles. The Labute approximate surface area is 173 Å². The van der Waals surface area contributed by atoms with Gasteiger partial charge in [-0.2, -0.15) is 5.10 Å². The van der Waals surface area contributed by atoms with Crippen LogP contribution in [0.25, 0.3) is 0 Å². The number of nitrogens with one attached hydrogen (secondary N) is 3. The van der Waals surface area contributed by atoms with Crippen molar-refractivity contribution >= 4 is 17.9 Å². The molecule has 9 heteroatoms. The molecule has 1 aromatic rings. The Morgan fingerprint density at radius 3 is 2.55 bits per heavy atom. The summed E-state index contributed by atoms with van der Waals surface area (Å²) in [5.41, 5.74) is 2.70. The van der Waals surface area contributed by atoms with Crippen LogP contribution in [0, 0.1) is 13.8 Å². The second-order valence-electron chi connectivity index (χ2n) is 7.95. The molecule has 9 nitrogen and oxygen atoms in total. The summed E-state index contributed by atoms with van der Waals surface area (Å²) in [5.74, 6) is 0.552. The second kappa shape index (κ2) is 9.28. The number of imide groups is 1. The molecule has 1 fully saturated rings. The van der Waals surface area contributed by atoms with Crippen molar-refractivity contribution in [2.24, 2.45) is 12.0 Å². The van der Waals surface area contributed by atoms with Crippen LogP contribution in [-0.2, 0) is 18.3 Å². The maximum Gasteiger partial charge on any atom is 0.325 e. The van der Waals surface area contributed by atoms with E-state index in [2.05, 4.69) is 39.9 Å². The highest BCUT2D eigenvalue weighted by Crippen LogP contribution is 2.20. The van der Waals surface area contributed by atoms with E-state index in [4.69, 9.17) is 0 Å². The van der Waals surface area contributed by atoms with Gasteiger partial charge in [-0.1, -0.05) is 6.92 Å². The van der Waals surface area contributed by atoms with Gasteiger partial charge >= 0.3 is 6.03 Å². The van der Waals surface area contributed by atoms with Crippen molar-refractivity contribution in [2.75, 3.05) is 20.1 Å². The van der Waals surface area contributed by atoms with Crippen LogP contribution in [0.5, 0.6) is 0 Å². The van der Waals surface area contributed by atoms with Gasteiger partial charge in [0, 0.05) is 38.9 Å². The third-order valence-electron chi connectivity index (χ3n) is 5.68. The van der Waals surface area contributed by atoms with E-state index < -0.39 is 5.54 Å². The fourth-order valence-corrected chi connectivity index (χ4v) is 3.53. The van der Waals surface area contributed by atoms with E-state index in [1.54, 1.807) is 14.0 Å². The lowest BCUT2D eigenvalue weighted by atomic mass is 9.99. The smallest absolute Gasteiger partial charge is 0.325 e. The van der Waals surface area contributed by atoms with Gasteiger partial charge in [0.05, 0.1) is 5.69 Å². The Hall–Kier alpha value is -2.58. The summed E-state index contributed by atoms with van der Waals surface area (Å²) in [6.07, 6.45) is 2.08. The number of urea groups is 1. The molecule has 29 heavy (non-hydrogen) atoms. The third-order valence-corrected chi connectivity index (χ3v) is 5.68. The monoisotopic (exact) mass is 405 g/mol. The van der Waals surface area contributed by atoms with Crippen LogP contribution >= 0.6 is 0 Å². The second-order valence-corrected chi connectivity index (χ2v) is 7.95. The lowest BCUT2D eigenvalue weighted by Gasteiger charge is -2.20. The van der Waals surface area contributed by atoms with Crippen molar-refractivity contribution in [2.45, 2.75) is 65.5 Å². The fourth-order valence-electron chi connectivity index (χ4n) is 3.53. The van der Waals surface area contributed by atoms with Crippen molar-refractivity contribution in [3.63, 3.8) is 0 Å². The van der Waals surface area contributed by atoms with Gasteiger partial charge in [0.15, 0.2) is 5.96 Å². The number of nitrogens with zero attached hydrogens (tertiary/aromatic N) is 4. The van der Waals surface area contributed by atoms with Gasteiger partial charge in [-0.15, -0.1) is 0 Å². The minimum Gasteiger partial charge on any atom is -0.356 e. The van der Waals surface area contributed by atoms with Gasteiger partial charge in [-0.3, -0.25) is 19.4 Å². The van der Waals surface area contributed by atoms with Crippen molar-refractivity contribution in [3.05, 3.63) is 17.0 Å². The van der Waals surface area contributed by atoms with E-state index in [1.807, 2.05) is 25.6 Å². The molecule has 2 atom stereocenters. The molecule has 1 saturated heterocycles. The summed E-state index contributed by atoms with van der Waals surface area (Å²) in [6.45, 7) is 10.9. The predicted molar refractivity (Wildman–Crippen MR) is 114 cm³/mol. The number of aryl methyl sites for hydroxylation is 2. The van der Waals surface area contributed by atoms with Crippen LogP contribution in [0.3, 0.4) is 0 Å². The summed E-state index contributed by atoms with van der Waals surface area (Å²) in [5, 5.41) is 13.9. The molecule has 0 aliphatic carbocycles. The fraction of sp³-hybridized carbons (Fsp3) is 0.700. The first-order valence-corrected chi connectivity index (χ1v) is 10.2. The zero-order valence-corrected chi connectivity index (χ0v) is 18.7. The maximum atomic E-state index is 12.4. The minimum absolute atomic E-state index is 0.150. The van der Waals surface area contributed by atoms with Crippen LogP contribution < -0.4 is 16.0 Å². The first kappa shape index (κ1) is 22.7. The molecule has 0 radical (unpaired) electrons. The minimum atomic E-state index is -0.778. The van der Waals surface area contributed by atoms with Gasteiger partial charge < -0.3 is 16.0 Å². The average Bonchev–Trinajstić information content (AvgIpc) is 3.04. The summed E-state index contributed by atoms with van der Waals surface area (Å²) in [7, 11) is 3.69. The van der Waals surface area contributed by atoms with Crippen molar-refractivity contribution in [1.29, 1.82) is 0 Å². The number of carbonyl (C=O) groups is 2. The summed E-state index contributed by atoms with van der Waals surface area (Å²) >= 11 is 0. The molecule has 0 spiro atoms. The molecule has 1 aliphatic rings. The normalized spacial score (nSPS) is 20.8. The number of guanidine groups is 1. The molecule has 0 bridgehead atoms. The Kier molecular flexibility index (Phi) is 7.26. The van der Waals surface area contributed by atoms with E-state index >= 15 is 0 Å². The number of hydrogen-bond acceptors (Lipinski definition) is 4. The molecule has 0 saturated carbocycles. The van der Waals surface area contributed by atoms with E-state index in [0.29, 0.717) is 31.9 Å². The first-order chi connectivity index (χ1) is 13.6. The third kappa shape index (κ3) is 5.07. The van der Waals surface area contributed by atoms with Crippen LogP contribution in [0.4, 0.5) is 4.79 Å². The van der Waals surface area contributed by atoms with Gasteiger partial charge in [-0.05, 0) is 52.5 Å². The molecule has 1 aromatic heterocycles. The molecule has 0 aromatic carbocycles. The topological polar surface area (TPSA) is 104 Å². The van der Waals surface area contributed by atoms with Gasteiger partial charge in [0.25, 0.3) is 5.91 Å². The van der Waals surface area contributed by atoms with Crippen molar-refractivity contribution in [3.8, 4) is 0 Å². The van der Waals surface area contributed by atoms with Crippen LogP contribution in [0.2, 0.25) is 0 Å². The Morgan fingerprint density at radius 2 is 2.03 bits per heavy atom. The molecule has 162 valence electrons. The number of aromatic nitrogens is 2. The summed E-state index contributed by atoms with van der Waals surface area (Å²) in [4.78, 5) is 30.0. The molecule has 1 aliphatic heterocycles. The number of hydrogen-bond donors (Lipinski definition) is 3. The molecule has 2 unspecified atom stereocenters. The summed E-state index contributed by atoms with van der Waals surface area (Å²) in [6, 6.07) is -0.128. The molecular formula is C20H35N7O2. The maximum absolute atomic E-state index is 12.4. The Bertz CT molecular complexity index is 786. The quantitative estimate of drug-likeness (QED) is 0.261. The van der Waals surface area contributed by atoms with Crippen molar-refractivity contribution in [1.82, 2.24) is 30.6 Å². The number of rotatable bonds is 8. The molecular weight excluding hydrogens is 370 g/mol. The molecule has 2 rings (SSSR count). The number of amides is 3. The van der Waals surface area contributed by atoms with Crippen LogP contribution in [0.15, 0.2) is 4.99 Å².